The van der Waals surface area contributed by atoms with Crippen LogP contribution >= 0.6 is 0 Å². The SMILES string of the molecule is CC(C)c1ccc(C/C=C/c2ccccc2)cc1. The van der Waals surface area contributed by atoms with Gasteiger partial charge in [0.1, 0.15) is 0 Å². The molecule has 2 aromatic rings. The summed E-state index contributed by atoms with van der Waals surface area (Å²) in [5.74, 6) is 0.610. The van der Waals surface area contributed by atoms with Gasteiger partial charge in [0.2, 0.25) is 0 Å². The van der Waals surface area contributed by atoms with E-state index in [9.17, 15) is 0 Å². The van der Waals surface area contributed by atoms with Gasteiger partial charge in [-0.05, 0) is 29.0 Å². The van der Waals surface area contributed by atoms with Crippen LogP contribution in [-0.4, -0.2) is 0 Å². The maximum Gasteiger partial charge on any atom is -0.00941 e. The second kappa shape index (κ2) is 6.20. The third-order valence-electron chi connectivity index (χ3n) is 3.11. The Balaban J connectivity index is 1.96. The van der Waals surface area contributed by atoms with Gasteiger partial charge in [-0.3, -0.25) is 0 Å². The van der Waals surface area contributed by atoms with Gasteiger partial charge in [0.15, 0.2) is 0 Å². The van der Waals surface area contributed by atoms with Crippen LogP contribution in [0.25, 0.3) is 6.08 Å². The van der Waals surface area contributed by atoms with Crippen molar-refractivity contribution in [2.24, 2.45) is 0 Å². The summed E-state index contributed by atoms with van der Waals surface area (Å²) in [7, 11) is 0. The van der Waals surface area contributed by atoms with Gasteiger partial charge >= 0.3 is 0 Å². The maximum atomic E-state index is 2.23. The normalized spacial score (nSPS) is 11.3. The number of hydrogen-bond acceptors (Lipinski definition) is 0. The van der Waals surface area contributed by atoms with E-state index in [2.05, 4.69) is 74.5 Å². The first-order chi connectivity index (χ1) is 8.75. The summed E-state index contributed by atoms with van der Waals surface area (Å²) in [6, 6.07) is 19.3. The van der Waals surface area contributed by atoms with Crippen molar-refractivity contribution in [3.63, 3.8) is 0 Å². The summed E-state index contributed by atoms with van der Waals surface area (Å²) >= 11 is 0. The predicted octanol–water partition coefficient (Wildman–Crippen LogP) is 5.07. The average molecular weight is 236 g/mol. The van der Waals surface area contributed by atoms with Crippen molar-refractivity contribution >= 4 is 6.08 Å². The Morgan fingerprint density at radius 1 is 0.889 bits per heavy atom. The topological polar surface area (TPSA) is 0 Å². The Labute approximate surface area is 110 Å². The van der Waals surface area contributed by atoms with Crippen molar-refractivity contribution in [1.29, 1.82) is 0 Å². The van der Waals surface area contributed by atoms with Crippen molar-refractivity contribution in [2.75, 3.05) is 0 Å². The summed E-state index contributed by atoms with van der Waals surface area (Å²) < 4.78 is 0. The number of hydrogen-bond donors (Lipinski definition) is 0. The van der Waals surface area contributed by atoms with Crippen molar-refractivity contribution in [2.45, 2.75) is 26.2 Å². The van der Waals surface area contributed by atoms with Crippen LogP contribution in [0.15, 0.2) is 60.7 Å². The van der Waals surface area contributed by atoms with Gasteiger partial charge in [-0.1, -0.05) is 80.6 Å². The molecule has 2 aromatic carbocycles. The van der Waals surface area contributed by atoms with Crippen molar-refractivity contribution < 1.29 is 0 Å². The predicted molar refractivity (Wildman–Crippen MR) is 79.7 cm³/mol. The molecule has 92 valence electrons. The Bertz CT molecular complexity index is 489. The molecule has 0 aliphatic carbocycles. The minimum absolute atomic E-state index is 0.610. The van der Waals surface area contributed by atoms with E-state index < -0.39 is 0 Å². The highest BCUT2D eigenvalue weighted by Crippen LogP contribution is 2.15. The molecule has 0 bridgehead atoms. The summed E-state index contributed by atoms with van der Waals surface area (Å²) in [6.45, 7) is 4.45. The van der Waals surface area contributed by atoms with Crippen LogP contribution < -0.4 is 0 Å². The third-order valence-corrected chi connectivity index (χ3v) is 3.11. The molecule has 0 unspecified atom stereocenters. The van der Waals surface area contributed by atoms with Gasteiger partial charge in [-0.25, -0.2) is 0 Å². The molecule has 0 N–H and O–H groups in total. The molecule has 0 heteroatoms. The van der Waals surface area contributed by atoms with E-state index in [1.54, 1.807) is 0 Å². The molecule has 0 nitrogen and oxygen atoms in total. The first-order valence-corrected chi connectivity index (χ1v) is 6.56. The number of benzene rings is 2. The molecule has 0 aromatic heterocycles. The molecule has 18 heavy (non-hydrogen) atoms. The molecule has 0 atom stereocenters. The zero-order chi connectivity index (χ0) is 12.8. The summed E-state index contributed by atoms with van der Waals surface area (Å²) in [6.07, 6.45) is 5.39. The Hall–Kier alpha value is -1.82. The monoisotopic (exact) mass is 236 g/mol. The van der Waals surface area contributed by atoms with Gasteiger partial charge < -0.3 is 0 Å². The minimum atomic E-state index is 0.610. The molecule has 0 saturated heterocycles. The molecule has 0 spiro atoms. The lowest BCUT2D eigenvalue weighted by Crippen LogP contribution is -1.88. The zero-order valence-corrected chi connectivity index (χ0v) is 11.1. The quantitative estimate of drug-likeness (QED) is 0.695. The Kier molecular flexibility index (Phi) is 4.35. The van der Waals surface area contributed by atoms with E-state index in [0.29, 0.717) is 5.92 Å². The van der Waals surface area contributed by atoms with E-state index in [1.807, 2.05) is 6.07 Å². The molecule has 0 heterocycles. The van der Waals surface area contributed by atoms with E-state index in [1.165, 1.54) is 16.7 Å². The van der Waals surface area contributed by atoms with Crippen LogP contribution in [0, 0.1) is 0 Å². The maximum absolute atomic E-state index is 2.23. The largest absolute Gasteiger partial charge is 0.0795 e. The first-order valence-electron chi connectivity index (χ1n) is 6.56. The Morgan fingerprint density at radius 3 is 2.17 bits per heavy atom. The molecular weight excluding hydrogens is 216 g/mol. The van der Waals surface area contributed by atoms with Gasteiger partial charge in [0.05, 0.1) is 0 Å². The molecule has 0 saturated carbocycles. The highest BCUT2D eigenvalue weighted by atomic mass is 14.0. The van der Waals surface area contributed by atoms with E-state index in [4.69, 9.17) is 0 Å². The lowest BCUT2D eigenvalue weighted by atomic mass is 10.0. The van der Waals surface area contributed by atoms with Crippen molar-refractivity contribution in [1.82, 2.24) is 0 Å². The van der Waals surface area contributed by atoms with Crippen LogP contribution in [0.4, 0.5) is 0 Å². The Morgan fingerprint density at radius 2 is 1.56 bits per heavy atom. The number of allylic oxidation sites excluding steroid dienone is 1. The molecule has 2 rings (SSSR count). The fourth-order valence-electron chi connectivity index (χ4n) is 1.93. The molecule has 0 fully saturated rings. The molecule has 0 aliphatic heterocycles. The fraction of sp³-hybridized carbons (Fsp3) is 0.222. The van der Waals surface area contributed by atoms with Gasteiger partial charge in [-0.15, -0.1) is 0 Å². The van der Waals surface area contributed by atoms with Gasteiger partial charge in [0, 0.05) is 0 Å². The van der Waals surface area contributed by atoms with E-state index in [0.717, 1.165) is 6.42 Å². The summed E-state index contributed by atoms with van der Waals surface area (Å²) in [4.78, 5) is 0. The second-order valence-electron chi connectivity index (χ2n) is 4.91. The van der Waals surface area contributed by atoms with Crippen LogP contribution in [0.2, 0.25) is 0 Å². The lowest BCUT2D eigenvalue weighted by molar-refractivity contribution is 0.865. The molecule has 0 aliphatic rings. The summed E-state index contributed by atoms with van der Waals surface area (Å²) in [5.41, 5.74) is 4.04. The molecule has 0 amide bonds. The minimum Gasteiger partial charge on any atom is -0.0795 e. The van der Waals surface area contributed by atoms with Crippen molar-refractivity contribution in [3.8, 4) is 0 Å². The van der Waals surface area contributed by atoms with Crippen molar-refractivity contribution in [3.05, 3.63) is 77.4 Å². The number of rotatable bonds is 4. The third kappa shape index (κ3) is 3.59. The second-order valence-corrected chi connectivity index (χ2v) is 4.91. The van der Waals surface area contributed by atoms with Crippen LogP contribution in [0.1, 0.15) is 36.5 Å². The van der Waals surface area contributed by atoms with Gasteiger partial charge in [0.25, 0.3) is 0 Å². The highest BCUT2D eigenvalue weighted by Gasteiger charge is 1.97. The van der Waals surface area contributed by atoms with Crippen LogP contribution in [-0.2, 0) is 6.42 Å². The fourth-order valence-corrected chi connectivity index (χ4v) is 1.93. The van der Waals surface area contributed by atoms with Gasteiger partial charge in [-0.2, -0.15) is 0 Å². The molecule has 0 radical (unpaired) electrons. The highest BCUT2D eigenvalue weighted by molar-refractivity contribution is 5.49. The standard InChI is InChI=1S/C18H20/c1-15(2)18-13-11-17(12-14-18)10-6-9-16-7-4-3-5-8-16/h3-9,11-15H,10H2,1-2H3/b9-6+. The summed E-state index contributed by atoms with van der Waals surface area (Å²) in [5, 5.41) is 0. The van der Waals surface area contributed by atoms with Crippen LogP contribution in [0.3, 0.4) is 0 Å². The van der Waals surface area contributed by atoms with E-state index >= 15 is 0 Å². The average Bonchev–Trinajstić information content (AvgIpc) is 2.40. The first kappa shape index (κ1) is 12.6. The smallest absolute Gasteiger partial charge is 0.00941 e. The van der Waals surface area contributed by atoms with E-state index in [-0.39, 0.29) is 0 Å². The lowest BCUT2D eigenvalue weighted by Gasteiger charge is -2.05. The zero-order valence-electron chi connectivity index (χ0n) is 11.1. The van der Waals surface area contributed by atoms with Crippen LogP contribution in [0.5, 0.6) is 0 Å². The molecular formula is C18H20.